The smallest absolute Gasteiger partial charge is 0.236 e. The molecule has 1 unspecified atom stereocenters. The average Bonchev–Trinajstić information content (AvgIpc) is 2.25. The van der Waals surface area contributed by atoms with Crippen LogP contribution in [0.4, 0.5) is 0 Å². The quantitative estimate of drug-likeness (QED) is 0.688. The van der Waals surface area contributed by atoms with E-state index >= 15 is 0 Å². The highest BCUT2D eigenvalue weighted by atomic mass is 35.5. The lowest BCUT2D eigenvalue weighted by atomic mass is 10.1. The number of halogens is 4. The maximum absolute atomic E-state index is 12.0. The third-order valence-electron chi connectivity index (χ3n) is 2.21. The van der Waals surface area contributed by atoms with E-state index in [1.807, 2.05) is 0 Å². The Bertz CT molecular complexity index is 453. The molecular weight excluding hydrogens is 314 g/mol. The highest BCUT2D eigenvalue weighted by molar-refractivity contribution is 7.90. The lowest BCUT2D eigenvalue weighted by Gasteiger charge is -2.35. The Morgan fingerprint density at radius 2 is 1.62 bits per heavy atom. The fraction of sp³-hybridized carbons (Fsp3) is 0.222. The van der Waals surface area contributed by atoms with Crippen LogP contribution in [-0.2, 0) is 10.8 Å². The molecule has 1 aromatic carbocycles. The van der Waals surface area contributed by atoms with Crippen molar-refractivity contribution < 1.29 is 9.00 Å². The van der Waals surface area contributed by atoms with Gasteiger partial charge < -0.3 is 0 Å². The maximum atomic E-state index is 12.0. The normalized spacial score (nSPS) is 26.2. The minimum atomic E-state index is -2.12. The lowest BCUT2D eigenvalue weighted by molar-refractivity contribution is 0.0967. The summed E-state index contributed by atoms with van der Waals surface area (Å²) in [7, 11) is -1.87. The fourth-order valence-electron chi connectivity index (χ4n) is 1.37. The van der Waals surface area contributed by atoms with Crippen molar-refractivity contribution in [2.24, 2.45) is 0 Å². The predicted octanol–water partition coefficient (Wildman–Crippen LogP) is 3.30. The lowest BCUT2D eigenvalue weighted by Crippen LogP contribution is -2.50. The molecule has 0 N–H and O–H groups in total. The minimum absolute atomic E-state index is 0.183. The second kappa shape index (κ2) is 3.85. The summed E-state index contributed by atoms with van der Waals surface area (Å²) in [6, 6.07) is 6.24. The number of hydrogen-bond acceptors (Lipinski definition) is 2. The molecule has 0 saturated carbocycles. The first-order chi connectivity index (χ1) is 7.30. The molecule has 1 aliphatic heterocycles. The van der Waals surface area contributed by atoms with Crippen LogP contribution in [0.3, 0.4) is 0 Å². The fourth-order valence-corrected chi connectivity index (χ4v) is 3.83. The van der Waals surface area contributed by atoms with Crippen LogP contribution in [0.25, 0.3) is 0 Å². The van der Waals surface area contributed by atoms with Crippen molar-refractivity contribution in [3.8, 4) is 0 Å². The maximum Gasteiger partial charge on any atom is 0.236 e. The summed E-state index contributed by atoms with van der Waals surface area (Å²) >= 11 is 23.2. The molecule has 0 bridgehead atoms. The zero-order chi connectivity index (χ0) is 12.1. The topological polar surface area (TPSA) is 34.1 Å². The van der Waals surface area contributed by atoms with Crippen LogP contribution in [0.2, 0.25) is 0 Å². The summed E-state index contributed by atoms with van der Waals surface area (Å²) in [5, 5.41) is 0. The molecule has 16 heavy (non-hydrogen) atoms. The summed E-state index contributed by atoms with van der Waals surface area (Å²) in [6.45, 7) is 0. The largest absolute Gasteiger partial charge is 0.291 e. The van der Waals surface area contributed by atoms with Gasteiger partial charge in [-0.3, -0.25) is 9.00 Å². The van der Waals surface area contributed by atoms with Crippen LogP contribution in [0.5, 0.6) is 0 Å². The molecule has 0 spiro atoms. The van der Waals surface area contributed by atoms with Crippen LogP contribution in [0.1, 0.15) is 10.4 Å². The summed E-state index contributed by atoms with van der Waals surface area (Å²) in [5.74, 6) is -0.643. The summed E-state index contributed by atoms with van der Waals surface area (Å²) in [6.07, 6.45) is 0. The number of rotatable bonds is 0. The molecule has 0 aromatic heterocycles. The van der Waals surface area contributed by atoms with Crippen LogP contribution in [-0.4, -0.2) is 18.0 Å². The highest BCUT2D eigenvalue weighted by Crippen LogP contribution is 2.52. The van der Waals surface area contributed by atoms with Crippen molar-refractivity contribution in [2.45, 2.75) is 12.9 Å². The van der Waals surface area contributed by atoms with Gasteiger partial charge in [0.1, 0.15) is 0 Å². The zero-order valence-electron chi connectivity index (χ0n) is 7.55. The number of benzene rings is 1. The second-order valence-electron chi connectivity index (χ2n) is 3.19. The number of Topliss-reactive ketones (excluding diaryl/α,β-unsaturated/α-hetero) is 1. The van der Waals surface area contributed by atoms with E-state index in [1.54, 1.807) is 12.1 Å². The van der Waals surface area contributed by atoms with Gasteiger partial charge in [0.05, 0.1) is 15.7 Å². The highest BCUT2D eigenvalue weighted by Gasteiger charge is 2.61. The number of fused-ring (bicyclic) bond motifs is 1. The van der Waals surface area contributed by atoms with E-state index in [-0.39, 0.29) is 10.5 Å². The van der Waals surface area contributed by atoms with Gasteiger partial charge in [0.25, 0.3) is 0 Å². The van der Waals surface area contributed by atoms with E-state index < -0.39 is 24.6 Å². The van der Waals surface area contributed by atoms with Gasteiger partial charge in [-0.2, -0.15) is 0 Å². The van der Waals surface area contributed by atoms with Gasteiger partial charge in [-0.15, -0.1) is 0 Å². The molecule has 2 nitrogen and oxygen atoms in total. The number of carbonyl (C=O) groups excluding carboxylic acids is 1. The van der Waals surface area contributed by atoms with Crippen LogP contribution in [0.15, 0.2) is 29.2 Å². The monoisotopic (exact) mass is 316 g/mol. The van der Waals surface area contributed by atoms with E-state index in [0.29, 0.717) is 0 Å². The van der Waals surface area contributed by atoms with E-state index in [2.05, 4.69) is 0 Å². The molecular formula is C9H4Cl4O2S. The standard InChI is InChI=1S/C9H4Cl4O2S/c10-8(11)7(14)5-3-1-2-4-6(5)16(15)9(8,12)13/h1-4H. The first-order valence-electron chi connectivity index (χ1n) is 4.11. The molecule has 1 aliphatic rings. The Labute approximate surface area is 114 Å². The van der Waals surface area contributed by atoms with Gasteiger partial charge >= 0.3 is 0 Å². The molecule has 0 radical (unpaired) electrons. The van der Waals surface area contributed by atoms with E-state index in [1.165, 1.54) is 12.1 Å². The molecule has 0 fully saturated rings. The van der Waals surface area contributed by atoms with Gasteiger partial charge in [0, 0.05) is 5.56 Å². The third kappa shape index (κ3) is 1.53. The molecule has 86 valence electrons. The van der Waals surface area contributed by atoms with Gasteiger partial charge in [-0.1, -0.05) is 64.6 Å². The van der Waals surface area contributed by atoms with Crippen molar-refractivity contribution in [1.29, 1.82) is 0 Å². The Kier molecular flexibility index (Phi) is 3.05. The van der Waals surface area contributed by atoms with E-state index in [9.17, 15) is 9.00 Å². The Hall–Kier alpha value is 0.200. The molecule has 1 aromatic rings. The van der Waals surface area contributed by atoms with Crippen molar-refractivity contribution in [3.63, 3.8) is 0 Å². The van der Waals surface area contributed by atoms with Gasteiger partial charge in [-0.25, -0.2) is 0 Å². The van der Waals surface area contributed by atoms with Gasteiger partial charge in [0.15, 0.2) is 0 Å². The molecule has 7 heteroatoms. The Morgan fingerprint density at radius 3 is 2.25 bits per heavy atom. The molecule has 0 amide bonds. The minimum Gasteiger partial charge on any atom is -0.291 e. The summed E-state index contributed by atoms with van der Waals surface area (Å²) < 4.78 is 7.86. The van der Waals surface area contributed by atoms with Crippen molar-refractivity contribution >= 4 is 63.0 Å². The van der Waals surface area contributed by atoms with Crippen molar-refractivity contribution in [1.82, 2.24) is 0 Å². The second-order valence-corrected chi connectivity index (χ2v) is 7.88. The Morgan fingerprint density at radius 1 is 1.06 bits per heavy atom. The number of hydrogen-bond donors (Lipinski definition) is 0. The summed E-state index contributed by atoms with van der Waals surface area (Å²) in [4.78, 5) is 12.2. The van der Waals surface area contributed by atoms with Gasteiger partial charge in [0.2, 0.25) is 13.8 Å². The number of alkyl halides is 4. The third-order valence-corrected chi connectivity index (χ3v) is 6.67. The average molecular weight is 318 g/mol. The van der Waals surface area contributed by atoms with E-state index in [0.717, 1.165) is 0 Å². The SMILES string of the molecule is O=C1c2ccccc2S(=O)C(Cl)(Cl)C1(Cl)Cl. The van der Waals surface area contributed by atoms with Crippen LogP contribution < -0.4 is 0 Å². The van der Waals surface area contributed by atoms with Gasteiger partial charge in [-0.05, 0) is 6.07 Å². The van der Waals surface area contributed by atoms with Crippen molar-refractivity contribution in [2.75, 3.05) is 0 Å². The Balaban J connectivity index is 2.76. The summed E-state index contributed by atoms with van der Waals surface area (Å²) in [5.41, 5.74) is 0.183. The predicted molar refractivity (Wildman–Crippen MR) is 66.1 cm³/mol. The molecule has 0 saturated heterocycles. The van der Waals surface area contributed by atoms with Crippen LogP contribution in [0, 0.1) is 0 Å². The molecule has 1 heterocycles. The first kappa shape index (κ1) is 12.7. The van der Waals surface area contributed by atoms with E-state index in [4.69, 9.17) is 46.4 Å². The first-order valence-corrected chi connectivity index (χ1v) is 6.77. The zero-order valence-corrected chi connectivity index (χ0v) is 11.4. The molecule has 1 atom stereocenters. The molecule has 2 rings (SSSR count). The van der Waals surface area contributed by atoms with Crippen LogP contribution >= 0.6 is 46.4 Å². The number of carbonyl (C=O) groups is 1. The van der Waals surface area contributed by atoms with Crippen molar-refractivity contribution in [3.05, 3.63) is 29.8 Å². The molecule has 0 aliphatic carbocycles. The number of ketones is 1.